The quantitative estimate of drug-likeness (QED) is 0.691. The third-order valence-corrected chi connectivity index (χ3v) is 2.80. The Kier molecular flexibility index (Phi) is 3.17. The molecule has 0 saturated heterocycles. The molecule has 1 aromatic heterocycles. The van der Waals surface area contributed by atoms with Gasteiger partial charge in [0.25, 0.3) is 0 Å². The van der Waals surface area contributed by atoms with Crippen molar-refractivity contribution in [2.24, 2.45) is 11.8 Å². The van der Waals surface area contributed by atoms with Gasteiger partial charge in [0.1, 0.15) is 0 Å². The van der Waals surface area contributed by atoms with Gasteiger partial charge in [-0.05, 0) is 29.2 Å². The molecule has 88 valence electrons. The molecule has 1 aliphatic carbocycles. The molecule has 0 amide bonds. The van der Waals surface area contributed by atoms with Crippen LogP contribution in [0.2, 0.25) is 0 Å². The minimum atomic E-state index is -0.126. The lowest BCUT2D eigenvalue weighted by atomic mass is 10.3. The zero-order chi connectivity index (χ0) is 11.5. The van der Waals surface area contributed by atoms with Gasteiger partial charge in [0.05, 0.1) is 5.92 Å². The third kappa shape index (κ3) is 2.37. The first-order valence-corrected chi connectivity index (χ1v) is 5.64. The van der Waals surface area contributed by atoms with E-state index in [2.05, 4.69) is 15.5 Å². The van der Waals surface area contributed by atoms with Gasteiger partial charge in [0, 0.05) is 6.54 Å². The molecule has 2 atom stereocenters. The zero-order valence-corrected chi connectivity index (χ0v) is 9.59. The lowest BCUT2D eigenvalue weighted by Crippen LogP contribution is -2.12. The number of rotatable bonds is 5. The molecule has 0 bridgehead atoms. The van der Waals surface area contributed by atoms with E-state index >= 15 is 0 Å². The summed E-state index contributed by atoms with van der Waals surface area (Å²) in [4.78, 5) is 11.5. The highest BCUT2D eigenvalue weighted by Gasteiger charge is 2.40. The maximum Gasteiger partial charge on any atom is 0.309 e. The summed E-state index contributed by atoms with van der Waals surface area (Å²) in [6.07, 6.45) is 1.89. The zero-order valence-electron chi connectivity index (χ0n) is 9.59. The number of carbonyl (C=O) groups is 1. The van der Waals surface area contributed by atoms with Crippen LogP contribution in [0.3, 0.4) is 0 Å². The van der Waals surface area contributed by atoms with Crippen LogP contribution in [0.5, 0.6) is 0 Å². The van der Waals surface area contributed by atoms with Crippen LogP contribution in [0, 0.1) is 11.8 Å². The smallest absolute Gasteiger partial charge is 0.309 e. The van der Waals surface area contributed by atoms with Crippen LogP contribution in [0.15, 0.2) is 0 Å². The predicted molar refractivity (Wildman–Crippen MR) is 55.2 cm³/mol. The number of hydrogen-bond donors (Lipinski definition) is 0. The minimum absolute atomic E-state index is 0.0931. The largest absolute Gasteiger partial charge is 0.457 e. The molecule has 0 spiro atoms. The van der Waals surface area contributed by atoms with E-state index in [1.54, 1.807) is 4.68 Å². The Balaban J connectivity index is 1.84. The predicted octanol–water partition coefficient (Wildman–Crippen LogP) is 0.782. The van der Waals surface area contributed by atoms with Crippen LogP contribution < -0.4 is 0 Å². The standard InChI is InChI=1S/C10H16N4O2/c1-3-4-14-9(11-12-13-14)6-16-10(15)8-5-7(8)2/h7-8H,3-6H2,1-2H3. The van der Waals surface area contributed by atoms with Crippen molar-refractivity contribution >= 4 is 5.97 Å². The lowest BCUT2D eigenvalue weighted by Gasteiger charge is -2.04. The molecule has 1 aliphatic rings. The molecule has 1 heterocycles. The number of aromatic nitrogens is 4. The van der Waals surface area contributed by atoms with Crippen molar-refractivity contribution in [2.75, 3.05) is 0 Å². The summed E-state index contributed by atoms with van der Waals surface area (Å²) in [5, 5.41) is 11.2. The monoisotopic (exact) mass is 224 g/mol. The second-order valence-corrected chi connectivity index (χ2v) is 4.25. The number of ether oxygens (including phenoxy) is 1. The Labute approximate surface area is 94.0 Å². The van der Waals surface area contributed by atoms with Crippen LogP contribution in [0.4, 0.5) is 0 Å². The molecule has 1 fully saturated rings. The maximum atomic E-state index is 11.5. The summed E-state index contributed by atoms with van der Waals surface area (Å²) >= 11 is 0. The van der Waals surface area contributed by atoms with Crippen molar-refractivity contribution in [3.05, 3.63) is 5.82 Å². The molecule has 0 aliphatic heterocycles. The summed E-state index contributed by atoms with van der Waals surface area (Å²) in [5.41, 5.74) is 0. The van der Waals surface area contributed by atoms with E-state index in [4.69, 9.17) is 4.74 Å². The van der Waals surface area contributed by atoms with E-state index in [9.17, 15) is 4.79 Å². The summed E-state index contributed by atoms with van der Waals surface area (Å²) in [5.74, 6) is 1.05. The lowest BCUT2D eigenvalue weighted by molar-refractivity contribution is -0.147. The average molecular weight is 224 g/mol. The van der Waals surface area contributed by atoms with E-state index in [1.165, 1.54) is 0 Å². The number of nitrogens with zero attached hydrogens (tertiary/aromatic N) is 4. The van der Waals surface area contributed by atoms with Gasteiger partial charge in [-0.3, -0.25) is 4.79 Å². The first kappa shape index (κ1) is 11.0. The van der Waals surface area contributed by atoms with Crippen LogP contribution >= 0.6 is 0 Å². The second-order valence-electron chi connectivity index (χ2n) is 4.25. The van der Waals surface area contributed by atoms with Crippen molar-refractivity contribution in [2.45, 2.75) is 39.8 Å². The molecule has 1 saturated carbocycles. The van der Waals surface area contributed by atoms with Crippen molar-refractivity contribution in [3.8, 4) is 0 Å². The van der Waals surface area contributed by atoms with Crippen molar-refractivity contribution in [1.82, 2.24) is 20.2 Å². The fourth-order valence-electron chi connectivity index (χ4n) is 1.61. The van der Waals surface area contributed by atoms with Gasteiger partial charge in [-0.15, -0.1) is 5.10 Å². The topological polar surface area (TPSA) is 69.9 Å². The minimum Gasteiger partial charge on any atom is -0.457 e. The SMILES string of the molecule is CCCn1nnnc1COC(=O)C1CC1C. The molecule has 6 nitrogen and oxygen atoms in total. The molecule has 0 radical (unpaired) electrons. The van der Waals surface area contributed by atoms with Crippen LogP contribution in [-0.4, -0.2) is 26.2 Å². The summed E-state index contributed by atoms with van der Waals surface area (Å²) in [6, 6.07) is 0. The van der Waals surface area contributed by atoms with Gasteiger partial charge >= 0.3 is 5.97 Å². The van der Waals surface area contributed by atoms with Crippen LogP contribution in [0.25, 0.3) is 0 Å². The highest BCUT2D eigenvalue weighted by molar-refractivity contribution is 5.75. The number of carbonyl (C=O) groups excluding carboxylic acids is 1. The number of tetrazole rings is 1. The maximum absolute atomic E-state index is 11.5. The van der Waals surface area contributed by atoms with E-state index in [-0.39, 0.29) is 18.5 Å². The average Bonchev–Trinajstić information content (AvgIpc) is 2.83. The van der Waals surface area contributed by atoms with Crippen molar-refractivity contribution in [1.29, 1.82) is 0 Å². The fourth-order valence-corrected chi connectivity index (χ4v) is 1.61. The molecular weight excluding hydrogens is 208 g/mol. The van der Waals surface area contributed by atoms with E-state index in [0.29, 0.717) is 11.7 Å². The van der Waals surface area contributed by atoms with Crippen molar-refractivity contribution < 1.29 is 9.53 Å². The summed E-state index contributed by atoms with van der Waals surface area (Å²) in [6.45, 7) is 5.02. The number of esters is 1. The number of aryl methyl sites for hydroxylation is 1. The Bertz CT molecular complexity index is 377. The molecule has 2 rings (SSSR count). The van der Waals surface area contributed by atoms with Gasteiger partial charge in [-0.25, -0.2) is 4.68 Å². The normalized spacial score (nSPS) is 23.1. The Morgan fingerprint density at radius 2 is 2.38 bits per heavy atom. The first-order valence-electron chi connectivity index (χ1n) is 5.64. The molecule has 0 aromatic carbocycles. The third-order valence-electron chi connectivity index (χ3n) is 2.80. The van der Waals surface area contributed by atoms with Gasteiger partial charge in [0.15, 0.2) is 12.4 Å². The van der Waals surface area contributed by atoms with Crippen LogP contribution in [0.1, 0.15) is 32.5 Å². The molecule has 16 heavy (non-hydrogen) atoms. The van der Waals surface area contributed by atoms with Gasteiger partial charge in [-0.2, -0.15) is 0 Å². The highest BCUT2D eigenvalue weighted by Crippen LogP contribution is 2.38. The Morgan fingerprint density at radius 1 is 1.62 bits per heavy atom. The van der Waals surface area contributed by atoms with Crippen molar-refractivity contribution in [3.63, 3.8) is 0 Å². The Morgan fingerprint density at radius 3 is 3.00 bits per heavy atom. The molecule has 2 unspecified atom stereocenters. The molecular formula is C10H16N4O2. The highest BCUT2D eigenvalue weighted by atomic mass is 16.5. The van der Waals surface area contributed by atoms with Crippen LogP contribution in [-0.2, 0) is 22.7 Å². The molecule has 1 aromatic rings. The first-order chi connectivity index (χ1) is 7.72. The van der Waals surface area contributed by atoms with E-state index < -0.39 is 0 Å². The van der Waals surface area contributed by atoms with Gasteiger partial charge < -0.3 is 4.74 Å². The second kappa shape index (κ2) is 4.59. The molecule has 6 heteroatoms. The van der Waals surface area contributed by atoms with Gasteiger partial charge in [0.2, 0.25) is 0 Å². The number of hydrogen-bond acceptors (Lipinski definition) is 5. The Hall–Kier alpha value is -1.46. The summed E-state index contributed by atoms with van der Waals surface area (Å²) < 4.78 is 6.84. The fraction of sp³-hybridized carbons (Fsp3) is 0.800. The molecule has 0 N–H and O–H groups in total. The van der Waals surface area contributed by atoms with E-state index in [1.807, 2.05) is 13.8 Å². The van der Waals surface area contributed by atoms with E-state index in [0.717, 1.165) is 19.4 Å². The van der Waals surface area contributed by atoms with Gasteiger partial charge in [-0.1, -0.05) is 13.8 Å². The summed E-state index contributed by atoms with van der Waals surface area (Å²) in [7, 11) is 0.